The number of imidazole rings is 1. The molecule has 0 amide bonds. The van der Waals surface area contributed by atoms with Gasteiger partial charge in [0.15, 0.2) is 17.7 Å². The van der Waals surface area contributed by atoms with Crippen LogP contribution in [0.1, 0.15) is 6.23 Å². The van der Waals surface area contributed by atoms with Gasteiger partial charge in [-0.05, 0) is 0 Å². The van der Waals surface area contributed by atoms with Gasteiger partial charge in [0.1, 0.15) is 30.2 Å². The molecule has 14 heteroatoms. The van der Waals surface area contributed by atoms with Gasteiger partial charge >= 0.3 is 45.6 Å². The number of nitrogen functional groups attached to an aromatic ring is 1. The van der Waals surface area contributed by atoms with Crippen LogP contribution >= 0.6 is 17.7 Å². The molecule has 2 saturated heterocycles. The molecular formula is C10H17CaN5O6P2. The molecule has 0 saturated carbocycles. The Morgan fingerprint density at radius 3 is 2.88 bits per heavy atom. The third kappa shape index (κ3) is 3.35. The van der Waals surface area contributed by atoms with Crippen molar-refractivity contribution in [1.29, 1.82) is 0 Å². The van der Waals surface area contributed by atoms with Crippen LogP contribution in [0.5, 0.6) is 0 Å². The fourth-order valence-electron chi connectivity index (χ4n) is 2.62. The van der Waals surface area contributed by atoms with Gasteiger partial charge in [-0.15, -0.1) is 0 Å². The van der Waals surface area contributed by atoms with Crippen molar-refractivity contribution >= 4 is 72.4 Å². The number of rotatable bonds is 1. The first kappa shape index (κ1) is 20.4. The Balaban J connectivity index is 0.00000104. The van der Waals surface area contributed by atoms with Crippen LogP contribution in [-0.4, -0.2) is 92.2 Å². The quantitative estimate of drug-likeness (QED) is 0.370. The van der Waals surface area contributed by atoms with Crippen LogP contribution in [0.25, 0.3) is 11.2 Å². The summed E-state index contributed by atoms with van der Waals surface area (Å²) >= 11 is 0. The Morgan fingerprint density at radius 2 is 2.12 bits per heavy atom. The van der Waals surface area contributed by atoms with E-state index in [1.54, 1.807) is 0 Å². The first-order valence-electron chi connectivity index (χ1n) is 6.38. The second-order valence-electron chi connectivity index (χ2n) is 4.97. The number of nitrogens with two attached hydrogens (primary N) is 1. The topological polar surface area (TPSA) is 155 Å². The van der Waals surface area contributed by atoms with Crippen LogP contribution in [0.2, 0.25) is 0 Å². The molecule has 0 spiro atoms. The summed E-state index contributed by atoms with van der Waals surface area (Å²) in [6.45, 7) is -0.157. The number of phosphoric ester groups is 1. The van der Waals surface area contributed by atoms with Gasteiger partial charge in [0.25, 0.3) is 0 Å². The van der Waals surface area contributed by atoms with Crippen molar-refractivity contribution in [2.24, 2.45) is 0 Å². The molecule has 2 fully saturated rings. The molecule has 4 N–H and O–H groups in total. The Bertz CT molecular complexity index is 792. The predicted molar refractivity (Wildman–Crippen MR) is 90.0 cm³/mol. The number of nitrogens with zero attached hydrogens (tertiary/aromatic N) is 4. The number of fused-ring (bicyclic) bond motifs is 2. The zero-order chi connectivity index (χ0) is 15.5. The molecule has 0 radical (unpaired) electrons. The van der Waals surface area contributed by atoms with Gasteiger partial charge in [-0.3, -0.25) is 13.6 Å². The summed E-state index contributed by atoms with van der Waals surface area (Å²) in [6.07, 6.45) is -1.07. The van der Waals surface area contributed by atoms with E-state index in [-0.39, 0.29) is 60.1 Å². The van der Waals surface area contributed by atoms with E-state index in [1.165, 1.54) is 17.2 Å². The third-order valence-electron chi connectivity index (χ3n) is 3.63. The first-order valence-corrected chi connectivity index (χ1v) is 7.88. The standard InChI is InChI=1S/C10H12N5O6P.Ca.H3P.2H/c11-8-5-9(13-2-12-8)15(3-14-5)10-6(16)7-4(20-10)1-19-22(17,18)21-7;;;;/h2-4,6-7,10,16H,1H2,(H,17,18)(H2,11,12,13);;1H3;;/t4-,6-,7-,10-;;;;/m1..../s1. The van der Waals surface area contributed by atoms with E-state index >= 15 is 0 Å². The van der Waals surface area contributed by atoms with Crippen LogP contribution in [0, 0.1) is 0 Å². The van der Waals surface area contributed by atoms with Gasteiger partial charge in [0.05, 0.1) is 12.9 Å². The van der Waals surface area contributed by atoms with E-state index in [9.17, 15) is 14.6 Å². The fourth-order valence-corrected chi connectivity index (χ4v) is 3.59. The minimum absolute atomic E-state index is 0. The molecule has 2 aromatic rings. The van der Waals surface area contributed by atoms with Gasteiger partial charge in [0.2, 0.25) is 0 Å². The molecular weight excluding hydrogens is 388 g/mol. The van der Waals surface area contributed by atoms with Crippen LogP contribution in [0.4, 0.5) is 5.82 Å². The normalized spacial score (nSPS) is 35.1. The van der Waals surface area contributed by atoms with Crippen molar-refractivity contribution in [1.82, 2.24) is 19.5 Å². The van der Waals surface area contributed by atoms with Crippen molar-refractivity contribution in [2.45, 2.75) is 24.5 Å². The third-order valence-corrected chi connectivity index (χ3v) is 4.61. The van der Waals surface area contributed by atoms with E-state index in [1.807, 2.05) is 0 Å². The molecule has 4 rings (SSSR count). The maximum atomic E-state index is 11.5. The Morgan fingerprint density at radius 1 is 1.38 bits per heavy atom. The Kier molecular flexibility index (Phi) is 6.25. The van der Waals surface area contributed by atoms with E-state index in [2.05, 4.69) is 19.5 Å². The minimum atomic E-state index is -4.16. The van der Waals surface area contributed by atoms with E-state index in [0.29, 0.717) is 11.2 Å². The number of ether oxygens (including phenoxy) is 1. The molecule has 11 nitrogen and oxygen atoms in total. The van der Waals surface area contributed by atoms with Crippen molar-refractivity contribution in [3.05, 3.63) is 12.7 Å². The number of aromatic nitrogens is 4. The molecule has 0 aliphatic carbocycles. The van der Waals surface area contributed by atoms with Crippen molar-refractivity contribution < 1.29 is 28.3 Å². The van der Waals surface area contributed by atoms with E-state index in [0.717, 1.165) is 0 Å². The average Bonchev–Trinajstić information content (AvgIpc) is 3.01. The molecule has 2 aliphatic heterocycles. The molecule has 130 valence electrons. The van der Waals surface area contributed by atoms with Crippen molar-refractivity contribution in [3.8, 4) is 0 Å². The molecule has 0 bridgehead atoms. The molecule has 2 aromatic heterocycles. The summed E-state index contributed by atoms with van der Waals surface area (Å²) < 4.78 is 28.2. The van der Waals surface area contributed by atoms with Crippen LogP contribution < -0.4 is 5.73 Å². The second-order valence-corrected chi connectivity index (χ2v) is 6.38. The van der Waals surface area contributed by atoms with Gasteiger partial charge in [0, 0.05) is 0 Å². The number of aliphatic hydroxyl groups excluding tert-OH is 1. The van der Waals surface area contributed by atoms with Crippen LogP contribution in [0.15, 0.2) is 12.7 Å². The molecule has 0 aromatic carbocycles. The average molecular weight is 405 g/mol. The summed E-state index contributed by atoms with van der Waals surface area (Å²) in [6, 6.07) is 0. The summed E-state index contributed by atoms with van der Waals surface area (Å²) in [5, 5.41) is 10.4. The maximum absolute atomic E-state index is 11.5. The van der Waals surface area contributed by atoms with Gasteiger partial charge in [-0.2, -0.15) is 9.90 Å². The van der Waals surface area contributed by atoms with Crippen molar-refractivity contribution in [3.63, 3.8) is 0 Å². The number of hydrogen-bond donors (Lipinski definition) is 3. The van der Waals surface area contributed by atoms with Gasteiger partial charge in [-0.25, -0.2) is 19.5 Å². The Hall–Kier alpha value is 0.0697. The van der Waals surface area contributed by atoms with E-state index < -0.39 is 32.4 Å². The number of phosphoric acid groups is 1. The van der Waals surface area contributed by atoms with Crippen LogP contribution in [-0.2, 0) is 18.3 Å². The Labute approximate surface area is 169 Å². The van der Waals surface area contributed by atoms with Crippen molar-refractivity contribution in [2.75, 3.05) is 12.3 Å². The molecule has 2 aliphatic rings. The summed E-state index contributed by atoms with van der Waals surface area (Å²) in [7, 11) is -4.16. The van der Waals surface area contributed by atoms with Crippen LogP contribution in [0.3, 0.4) is 0 Å². The summed E-state index contributed by atoms with van der Waals surface area (Å²) in [5.74, 6) is 0.202. The SMILES string of the molecule is Nc1ncnc2c1ncn2[C@@H]1O[C@@H]2COP(=O)(O)O[C@H]2[C@H]1O.P.[CaH2]. The zero-order valence-electron chi connectivity index (χ0n) is 11.7. The number of anilines is 1. The van der Waals surface area contributed by atoms with Gasteiger partial charge in [-0.1, -0.05) is 0 Å². The number of hydrogen-bond acceptors (Lipinski definition) is 9. The van der Waals surface area contributed by atoms with E-state index in [4.69, 9.17) is 15.0 Å². The molecule has 24 heavy (non-hydrogen) atoms. The summed E-state index contributed by atoms with van der Waals surface area (Å²) in [5.41, 5.74) is 6.46. The predicted octanol–water partition coefficient (Wildman–Crippen LogP) is -1.68. The fraction of sp³-hybridized carbons (Fsp3) is 0.500. The van der Waals surface area contributed by atoms with Gasteiger partial charge < -0.3 is 20.5 Å². The molecule has 2 unspecified atom stereocenters. The second kappa shape index (κ2) is 7.36. The zero-order valence-corrected chi connectivity index (χ0v) is 14.0. The monoisotopic (exact) mass is 405 g/mol. The number of aliphatic hydroxyl groups is 1. The molecule has 6 atom stereocenters. The molecule has 4 heterocycles. The summed E-state index contributed by atoms with van der Waals surface area (Å²) in [4.78, 5) is 21.3. The first-order chi connectivity index (χ1) is 10.5.